The Morgan fingerprint density at radius 3 is 2.39 bits per heavy atom. The number of hydrogen-bond donors (Lipinski definition) is 2. The van der Waals surface area contributed by atoms with Crippen LogP contribution in [0.3, 0.4) is 0 Å². The van der Waals surface area contributed by atoms with Crippen molar-refractivity contribution in [1.29, 1.82) is 0 Å². The lowest BCUT2D eigenvalue weighted by Crippen LogP contribution is -2.32. The molecule has 0 saturated heterocycles. The minimum atomic E-state index is -1.03. The lowest BCUT2D eigenvalue weighted by atomic mass is 10.2. The van der Waals surface area contributed by atoms with Gasteiger partial charge in [0.15, 0.2) is 0 Å². The molecule has 0 heterocycles. The van der Waals surface area contributed by atoms with Crippen LogP contribution in [0.4, 0.5) is 5.69 Å². The summed E-state index contributed by atoms with van der Waals surface area (Å²) in [6.45, 7) is 0. The van der Waals surface area contributed by atoms with E-state index >= 15 is 0 Å². The number of nitrogens with zero attached hydrogens (tertiary/aromatic N) is 1. The summed E-state index contributed by atoms with van der Waals surface area (Å²) in [7, 11) is 1.42. The first-order valence-electron chi connectivity index (χ1n) is 9.42. The molecule has 0 aliphatic carbocycles. The Labute approximate surface area is 199 Å². The van der Waals surface area contributed by atoms with Crippen molar-refractivity contribution in [2.24, 2.45) is 5.10 Å². The maximum Gasteiger partial charge on any atom is 0.345 e. The van der Waals surface area contributed by atoms with Gasteiger partial charge in [-0.1, -0.05) is 47.5 Å². The second kappa shape index (κ2) is 11.1. The minimum Gasteiger partial charge on any atom is -0.495 e. The number of benzene rings is 3. The summed E-state index contributed by atoms with van der Waals surface area (Å²) in [5.41, 5.74) is 2.92. The van der Waals surface area contributed by atoms with E-state index in [1.807, 2.05) is 0 Å². The summed E-state index contributed by atoms with van der Waals surface area (Å²) >= 11 is 11.9. The second-order valence-corrected chi connectivity index (χ2v) is 7.25. The standard InChI is InChI=1S/C23H17Cl2N3O5/c1-32-20-11-10-15(24)12-18(20)27-21(29)22(30)28-26-13-14-6-2-5-9-19(14)33-23(31)16-7-3-4-8-17(16)25/h2-13H,1H3,(H,27,29)(H,28,30). The molecule has 0 saturated carbocycles. The molecule has 33 heavy (non-hydrogen) atoms. The Hall–Kier alpha value is -3.88. The summed E-state index contributed by atoms with van der Waals surface area (Å²) < 4.78 is 10.5. The summed E-state index contributed by atoms with van der Waals surface area (Å²) in [5.74, 6) is -2.14. The van der Waals surface area contributed by atoms with Crippen molar-refractivity contribution in [2.45, 2.75) is 0 Å². The zero-order valence-electron chi connectivity index (χ0n) is 17.2. The Morgan fingerprint density at radius 1 is 0.909 bits per heavy atom. The van der Waals surface area contributed by atoms with Gasteiger partial charge < -0.3 is 14.8 Å². The maximum atomic E-state index is 12.4. The molecule has 3 aromatic carbocycles. The fourth-order valence-electron chi connectivity index (χ4n) is 2.63. The topological polar surface area (TPSA) is 106 Å². The summed E-state index contributed by atoms with van der Waals surface area (Å²) in [5, 5.41) is 6.77. The molecule has 10 heteroatoms. The molecule has 8 nitrogen and oxygen atoms in total. The van der Waals surface area contributed by atoms with E-state index in [9.17, 15) is 14.4 Å². The normalized spacial score (nSPS) is 10.5. The third kappa shape index (κ3) is 6.31. The van der Waals surface area contributed by atoms with Crippen LogP contribution in [0.5, 0.6) is 11.5 Å². The van der Waals surface area contributed by atoms with E-state index < -0.39 is 17.8 Å². The van der Waals surface area contributed by atoms with Crippen molar-refractivity contribution in [3.05, 3.63) is 87.9 Å². The van der Waals surface area contributed by atoms with Gasteiger partial charge in [-0.15, -0.1) is 0 Å². The molecule has 0 fully saturated rings. The van der Waals surface area contributed by atoms with Crippen molar-refractivity contribution in [1.82, 2.24) is 5.43 Å². The Morgan fingerprint density at radius 2 is 1.64 bits per heavy atom. The number of amides is 2. The molecule has 0 aromatic heterocycles. The van der Waals surface area contributed by atoms with Gasteiger partial charge in [-0.25, -0.2) is 10.2 Å². The zero-order chi connectivity index (χ0) is 23.8. The van der Waals surface area contributed by atoms with E-state index in [1.54, 1.807) is 54.6 Å². The van der Waals surface area contributed by atoms with Crippen LogP contribution in [-0.2, 0) is 9.59 Å². The van der Waals surface area contributed by atoms with Gasteiger partial charge in [0.05, 0.1) is 29.6 Å². The predicted octanol–water partition coefficient (Wildman–Crippen LogP) is 4.31. The average molecular weight is 486 g/mol. The number of rotatable bonds is 6. The monoisotopic (exact) mass is 485 g/mol. The highest BCUT2D eigenvalue weighted by atomic mass is 35.5. The number of anilines is 1. The predicted molar refractivity (Wildman–Crippen MR) is 125 cm³/mol. The lowest BCUT2D eigenvalue weighted by molar-refractivity contribution is -0.136. The summed E-state index contributed by atoms with van der Waals surface area (Å²) in [6.07, 6.45) is 1.24. The minimum absolute atomic E-state index is 0.188. The fraction of sp³-hybridized carbons (Fsp3) is 0.0435. The number of hydrogen-bond acceptors (Lipinski definition) is 6. The van der Waals surface area contributed by atoms with E-state index in [0.29, 0.717) is 16.3 Å². The van der Waals surface area contributed by atoms with E-state index in [1.165, 1.54) is 25.5 Å². The van der Waals surface area contributed by atoms with Gasteiger partial charge in [-0.2, -0.15) is 5.10 Å². The second-order valence-electron chi connectivity index (χ2n) is 6.41. The van der Waals surface area contributed by atoms with Crippen molar-refractivity contribution < 1.29 is 23.9 Å². The van der Waals surface area contributed by atoms with Gasteiger partial charge in [0.2, 0.25) is 0 Å². The van der Waals surface area contributed by atoms with Gasteiger partial charge >= 0.3 is 17.8 Å². The van der Waals surface area contributed by atoms with Crippen molar-refractivity contribution in [3.63, 3.8) is 0 Å². The number of esters is 1. The van der Waals surface area contributed by atoms with Crippen LogP contribution in [0.15, 0.2) is 71.8 Å². The van der Waals surface area contributed by atoms with Crippen molar-refractivity contribution in [3.8, 4) is 11.5 Å². The van der Waals surface area contributed by atoms with Crippen molar-refractivity contribution in [2.75, 3.05) is 12.4 Å². The number of halogens is 2. The van der Waals surface area contributed by atoms with Crippen LogP contribution in [-0.4, -0.2) is 31.1 Å². The molecule has 2 amide bonds. The molecule has 0 aliphatic rings. The van der Waals surface area contributed by atoms with Gasteiger partial charge in [-0.05, 0) is 42.5 Å². The number of nitrogens with one attached hydrogen (secondary N) is 2. The molecule has 3 aromatic rings. The smallest absolute Gasteiger partial charge is 0.345 e. The number of carbonyl (C=O) groups excluding carboxylic acids is 3. The van der Waals surface area contributed by atoms with E-state index in [0.717, 1.165) is 0 Å². The third-order valence-corrected chi connectivity index (χ3v) is 4.77. The highest BCUT2D eigenvalue weighted by molar-refractivity contribution is 6.40. The summed E-state index contributed by atoms with van der Waals surface area (Å²) in [6, 6.07) is 17.6. The number of ether oxygens (including phenoxy) is 2. The van der Waals surface area contributed by atoms with Gasteiger partial charge in [0, 0.05) is 10.6 Å². The van der Waals surface area contributed by atoms with Crippen LogP contribution in [0.2, 0.25) is 10.0 Å². The molecular weight excluding hydrogens is 469 g/mol. The fourth-order valence-corrected chi connectivity index (χ4v) is 3.01. The molecule has 168 valence electrons. The van der Waals surface area contributed by atoms with Gasteiger partial charge in [0.1, 0.15) is 11.5 Å². The van der Waals surface area contributed by atoms with Crippen LogP contribution in [0, 0.1) is 0 Å². The third-order valence-electron chi connectivity index (χ3n) is 4.20. The SMILES string of the molecule is COc1ccc(Cl)cc1NC(=O)C(=O)NN=Cc1ccccc1OC(=O)c1ccccc1Cl. The molecule has 0 bridgehead atoms. The Balaban J connectivity index is 1.65. The molecule has 0 spiro atoms. The van der Waals surface area contributed by atoms with Gasteiger partial charge in [-0.3, -0.25) is 9.59 Å². The first kappa shape index (κ1) is 23.8. The highest BCUT2D eigenvalue weighted by Gasteiger charge is 2.16. The molecular formula is C23H17Cl2N3O5. The van der Waals surface area contributed by atoms with Gasteiger partial charge in [0.25, 0.3) is 0 Å². The van der Waals surface area contributed by atoms with Crippen LogP contribution < -0.4 is 20.2 Å². The lowest BCUT2D eigenvalue weighted by Gasteiger charge is -2.10. The van der Waals surface area contributed by atoms with E-state index in [-0.39, 0.29) is 22.0 Å². The van der Waals surface area contributed by atoms with Crippen molar-refractivity contribution >= 4 is 52.9 Å². The molecule has 2 N–H and O–H groups in total. The number of hydrazone groups is 1. The molecule has 0 unspecified atom stereocenters. The Bertz CT molecular complexity index is 1230. The largest absolute Gasteiger partial charge is 0.495 e. The van der Waals surface area contributed by atoms with E-state index in [2.05, 4.69) is 15.8 Å². The first-order chi connectivity index (χ1) is 15.9. The molecule has 0 atom stereocenters. The molecule has 0 aliphatic heterocycles. The highest BCUT2D eigenvalue weighted by Crippen LogP contribution is 2.27. The van der Waals surface area contributed by atoms with Crippen LogP contribution >= 0.6 is 23.2 Å². The first-order valence-corrected chi connectivity index (χ1v) is 10.2. The number of methoxy groups -OCH3 is 1. The Kier molecular flexibility index (Phi) is 8.01. The summed E-state index contributed by atoms with van der Waals surface area (Å²) in [4.78, 5) is 36.7. The molecule has 0 radical (unpaired) electrons. The quantitative estimate of drug-likeness (QED) is 0.178. The number of carbonyl (C=O) groups is 3. The van der Waals surface area contributed by atoms with Crippen LogP contribution in [0.1, 0.15) is 15.9 Å². The van der Waals surface area contributed by atoms with E-state index in [4.69, 9.17) is 32.7 Å². The average Bonchev–Trinajstić information content (AvgIpc) is 2.80. The zero-order valence-corrected chi connectivity index (χ0v) is 18.7. The number of para-hydroxylation sites is 1. The maximum absolute atomic E-state index is 12.4. The molecule has 3 rings (SSSR count). The van der Waals surface area contributed by atoms with Crippen LogP contribution in [0.25, 0.3) is 0 Å².